The van der Waals surface area contributed by atoms with Crippen LogP contribution in [0.1, 0.15) is 0 Å². The van der Waals surface area contributed by atoms with Gasteiger partial charge in [-0.05, 0) is 0 Å². The second-order valence-electron chi connectivity index (χ2n) is 0.105. The van der Waals surface area contributed by atoms with Gasteiger partial charge < -0.3 is 0 Å². The standard InChI is InChI=1S/Al.Mg.H2O.O.2H/h;;1H2;;;/q+1;;;;;/p-1. The number of hydrogen-bond acceptors (Lipinski definition) is 1. The van der Waals surface area contributed by atoms with Crippen LogP contribution >= 0.6 is 0 Å². The van der Waals surface area contributed by atoms with Crippen LogP contribution in [0.3, 0.4) is 0 Å². The van der Waals surface area contributed by atoms with Crippen LogP contribution in [0.25, 0.3) is 0 Å². The van der Waals surface area contributed by atoms with E-state index in [-0.39, 0.29) is 23.1 Å². The summed E-state index contributed by atoms with van der Waals surface area (Å²) in [5, 5.41) is 0. The summed E-state index contributed by atoms with van der Waals surface area (Å²) in [6.07, 6.45) is 0. The molecule has 0 amide bonds. The predicted octanol–water partition coefficient (Wildman–Crippen LogP) is -1.97. The molecule has 0 bridgehead atoms. The van der Waals surface area contributed by atoms with Gasteiger partial charge in [0.1, 0.15) is 0 Å². The Hall–Kier alpha value is 0.899. The van der Waals surface area contributed by atoms with Crippen LogP contribution in [0.2, 0.25) is 0 Å². The van der Waals surface area contributed by atoms with Gasteiger partial charge in [0.15, 0.2) is 0 Å². The van der Waals surface area contributed by atoms with Crippen molar-refractivity contribution in [1.82, 2.24) is 0 Å². The van der Waals surface area contributed by atoms with Crippen LogP contribution in [0.5, 0.6) is 0 Å². The van der Waals surface area contributed by atoms with E-state index in [9.17, 15) is 0 Å². The van der Waals surface area contributed by atoms with Gasteiger partial charge in [0.05, 0.1) is 0 Å². The third-order valence-electron chi connectivity index (χ3n) is 0. The molecule has 0 saturated heterocycles. The van der Waals surface area contributed by atoms with Gasteiger partial charge in [-0.1, -0.05) is 0 Å². The van der Waals surface area contributed by atoms with Crippen molar-refractivity contribution < 1.29 is 7.96 Å². The van der Waals surface area contributed by atoms with Crippen LogP contribution in [-0.2, 0) is 3.80 Å². The quantitative estimate of drug-likeness (QED) is 0.347. The summed E-state index contributed by atoms with van der Waals surface area (Å²) in [4.78, 5) is 0. The van der Waals surface area contributed by atoms with Crippen molar-refractivity contribution in [3.63, 3.8) is 0 Å². The molecule has 0 rings (SSSR count). The Labute approximate surface area is 46.6 Å². The Kier molecular flexibility index (Phi) is 20.1. The molecule has 0 unspecified atom stereocenters. The molecule has 1 N–H and O–H groups in total. The maximum absolute atomic E-state index is 8.57. The monoisotopic (exact) mass is 86.0 g/mol. The van der Waals surface area contributed by atoms with Crippen LogP contribution in [0.15, 0.2) is 0 Å². The third kappa shape index (κ3) is 12.9. The molecule has 2 nitrogen and oxygen atoms in total. The van der Waals surface area contributed by atoms with Crippen molar-refractivity contribution in [2.24, 2.45) is 0 Å². The summed E-state index contributed by atoms with van der Waals surface area (Å²) in [5.41, 5.74) is 0. The molecule has 0 aromatic carbocycles. The van der Waals surface area contributed by atoms with Gasteiger partial charge in [-0.3, -0.25) is 0 Å². The fourth-order valence-electron chi connectivity index (χ4n) is 0. The number of rotatable bonds is 0. The summed E-state index contributed by atoms with van der Waals surface area (Å²) < 4.78 is 15.7. The fraction of sp³-hybridized carbons (Fsp3) is 0. The van der Waals surface area contributed by atoms with Gasteiger partial charge in [0, 0.05) is 0 Å². The first-order valence-corrected chi connectivity index (χ1v) is 1.48. The first-order valence-electron chi connectivity index (χ1n) is 0.494. The summed E-state index contributed by atoms with van der Waals surface area (Å²) in [6, 6.07) is 0. The van der Waals surface area contributed by atoms with Crippen LogP contribution in [-0.4, -0.2) is 42.7 Å². The Morgan fingerprint density at radius 1 is 1.75 bits per heavy atom. The van der Waals surface area contributed by atoms with Crippen molar-refractivity contribution >= 4 is 38.5 Å². The zero-order chi connectivity index (χ0) is 2.71. The molecule has 4 heavy (non-hydrogen) atoms. The second-order valence-corrected chi connectivity index (χ2v) is 0.316. The van der Waals surface area contributed by atoms with E-state index in [0.717, 1.165) is 0 Å². The number of hydrogen-bond donors (Lipinski definition) is 1. The Balaban J connectivity index is 0. The Bertz CT molecular complexity index is 13.5. The topological polar surface area (TPSA) is 37.3 Å². The summed E-state index contributed by atoms with van der Waals surface area (Å²) in [5.74, 6) is 0. The maximum atomic E-state index is 8.57. The van der Waals surface area contributed by atoms with Crippen LogP contribution in [0.4, 0.5) is 0 Å². The van der Waals surface area contributed by atoms with E-state index in [1.807, 2.05) is 0 Å². The van der Waals surface area contributed by atoms with Gasteiger partial charge in [-0.25, -0.2) is 0 Å². The minimum absolute atomic E-state index is 0. The molecule has 0 radical (unpaired) electrons. The van der Waals surface area contributed by atoms with E-state index < -0.39 is 15.5 Å². The molecule has 0 fully saturated rings. The zero-order valence-corrected chi connectivity index (χ0v) is 2.59. The van der Waals surface area contributed by atoms with E-state index in [0.29, 0.717) is 0 Å². The molecule has 0 aromatic heterocycles. The van der Waals surface area contributed by atoms with Crippen molar-refractivity contribution in [2.45, 2.75) is 0 Å². The third-order valence-corrected chi connectivity index (χ3v) is 0. The average molecular weight is 86.3 g/mol. The summed E-state index contributed by atoms with van der Waals surface area (Å²) >= 11 is -1.50. The van der Waals surface area contributed by atoms with Gasteiger partial charge in [-0.2, -0.15) is 0 Å². The average Bonchev–Trinajstić information content (AvgIpc) is 0.918. The van der Waals surface area contributed by atoms with Gasteiger partial charge in [-0.15, -0.1) is 0 Å². The fourth-order valence-corrected chi connectivity index (χ4v) is 0. The zero-order valence-electron chi connectivity index (χ0n) is 1.43. The molecule has 0 aliphatic heterocycles. The normalized spacial score (nSPS) is 2.00. The minimum atomic E-state index is -1.50. The van der Waals surface area contributed by atoms with Crippen molar-refractivity contribution in [3.05, 3.63) is 0 Å². The molecule has 0 aliphatic rings. The van der Waals surface area contributed by atoms with Crippen molar-refractivity contribution in [3.8, 4) is 0 Å². The molecule has 0 saturated carbocycles. The summed E-state index contributed by atoms with van der Waals surface area (Å²) in [7, 11) is 0. The van der Waals surface area contributed by atoms with E-state index in [4.69, 9.17) is 7.96 Å². The summed E-state index contributed by atoms with van der Waals surface area (Å²) in [6.45, 7) is 0. The molecule has 0 heterocycles. The Morgan fingerprint density at radius 2 is 1.75 bits per heavy atom. The molecule has 0 atom stereocenters. The van der Waals surface area contributed by atoms with Crippen LogP contribution < -0.4 is 0 Å². The van der Waals surface area contributed by atoms with E-state index in [1.54, 1.807) is 0 Å². The molecular formula is H3AlMgO2. The van der Waals surface area contributed by atoms with E-state index >= 15 is 0 Å². The van der Waals surface area contributed by atoms with Gasteiger partial charge >= 0.3 is 46.5 Å². The van der Waals surface area contributed by atoms with Gasteiger partial charge in [0.25, 0.3) is 0 Å². The molecule has 0 spiro atoms. The predicted molar refractivity (Wildman–Crippen MR) is 17.2 cm³/mol. The first-order chi connectivity index (χ1) is 1.41. The van der Waals surface area contributed by atoms with Gasteiger partial charge in [0.2, 0.25) is 0 Å². The molecule has 4 heteroatoms. The second kappa shape index (κ2) is 9.09. The molecular weight excluding hydrogens is 83.3 g/mol. The van der Waals surface area contributed by atoms with E-state index in [2.05, 4.69) is 0 Å². The molecule has 0 aromatic rings. The SMILES string of the molecule is [MgH2].[O]=[Al][OH]. The molecule has 0 aliphatic carbocycles. The van der Waals surface area contributed by atoms with Crippen molar-refractivity contribution in [1.29, 1.82) is 0 Å². The van der Waals surface area contributed by atoms with Crippen LogP contribution in [0, 0.1) is 0 Å². The Morgan fingerprint density at radius 3 is 1.75 bits per heavy atom. The first kappa shape index (κ1) is 8.86. The molecule has 20 valence electrons. The van der Waals surface area contributed by atoms with Crippen molar-refractivity contribution in [2.75, 3.05) is 0 Å². The van der Waals surface area contributed by atoms with E-state index in [1.165, 1.54) is 0 Å².